The molecule has 0 heterocycles. The molecule has 0 unspecified atom stereocenters. The maximum atomic E-state index is 9.93. The summed E-state index contributed by atoms with van der Waals surface area (Å²) in [4.78, 5) is 1.29. The summed E-state index contributed by atoms with van der Waals surface area (Å²) >= 11 is -9.40. The summed E-state index contributed by atoms with van der Waals surface area (Å²) in [6.45, 7) is 0. The van der Waals surface area contributed by atoms with Crippen LogP contribution in [0.4, 0.5) is 16.9 Å². The quantitative estimate of drug-likeness (QED) is 0.184. The van der Waals surface area contributed by atoms with Crippen LogP contribution in [0, 0.1) is 0 Å². The minimum absolute atomic E-state index is 0. The van der Waals surface area contributed by atoms with E-state index in [2.05, 4.69) is 60.7 Å². The Bertz CT molecular complexity index is 907. The summed E-state index contributed by atoms with van der Waals surface area (Å²) in [7, 11) is 1.69. The molecule has 0 aliphatic rings. The Morgan fingerprint density at radius 1 is 0.724 bits per heavy atom. The van der Waals surface area contributed by atoms with E-state index < -0.39 is 19.5 Å². The Balaban J connectivity index is 0.000000489. The Hall–Kier alpha value is -1.79. The van der Waals surface area contributed by atoms with Gasteiger partial charge < -0.3 is 4.74 Å². The van der Waals surface area contributed by atoms with Gasteiger partial charge in [0.05, 0.1) is 7.11 Å². The van der Waals surface area contributed by atoms with Crippen molar-refractivity contribution in [1.82, 2.24) is 0 Å². The summed E-state index contributed by atoms with van der Waals surface area (Å²) < 4.78 is 64.7. The van der Waals surface area contributed by atoms with E-state index in [9.17, 15) is 16.9 Å². The summed E-state index contributed by atoms with van der Waals surface area (Å²) in [5.74, 6) is 1.87. The van der Waals surface area contributed by atoms with E-state index in [0.29, 0.717) is 0 Å². The Morgan fingerprint density at radius 2 is 1.21 bits per heavy atom. The largest absolute Gasteiger partial charge is 1.00 e. The average molecular weight is 543 g/mol. The first-order chi connectivity index (χ1) is 13.3. The normalized spacial score (nSPS) is 13.5. The van der Waals surface area contributed by atoms with Crippen molar-refractivity contribution in [2.75, 3.05) is 7.11 Å². The first-order valence-electron chi connectivity index (χ1n) is 8.28. The third kappa shape index (κ3) is 11.1. The van der Waals surface area contributed by atoms with Gasteiger partial charge in [-0.15, -0.1) is 11.8 Å². The van der Waals surface area contributed by atoms with Crippen LogP contribution in [-0.4, -0.2) is 26.6 Å². The molecule has 0 aliphatic carbocycles. The van der Waals surface area contributed by atoms with Crippen LogP contribution >= 0.6 is 11.8 Å². The summed E-state index contributed by atoms with van der Waals surface area (Å²) in [5, 5.41) is 0. The van der Waals surface area contributed by atoms with Gasteiger partial charge in [0.15, 0.2) is 0 Å². The molecule has 0 N–H and O–H groups in total. The van der Waals surface area contributed by atoms with Crippen LogP contribution < -0.4 is 4.74 Å². The molecule has 0 fully saturated rings. The van der Waals surface area contributed by atoms with Crippen LogP contribution in [-0.2, 0) is 5.75 Å². The fourth-order valence-corrected chi connectivity index (χ4v) is 3.12. The first-order valence-corrected chi connectivity index (χ1v) is 15.1. The predicted molar refractivity (Wildman–Crippen MR) is 108 cm³/mol. The van der Waals surface area contributed by atoms with Crippen LogP contribution in [0.25, 0.3) is 11.1 Å². The fraction of sp³-hybridized carbons (Fsp3) is 0.100. The number of rotatable bonds is 5. The molecule has 0 saturated heterocycles. The molecule has 0 bridgehead atoms. The van der Waals surface area contributed by atoms with Gasteiger partial charge in [-0.25, -0.2) is 0 Å². The van der Waals surface area contributed by atoms with Gasteiger partial charge in [0.1, 0.15) is 5.75 Å². The molecule has 1 nitrogen and oxygen atoms in total. The van der Waals surface area contributed by atoms with Gasteiger partial charge >= 0.3 is 37.8 Å². The number of hydrogen-bond donors (Lipinski definition) is 0. The topological polar surface area (TPSA) is 9.23 Å². The molecular formula is C20H19F6OSSb. The maximum absolute atomic E-state index is 11.2. The molecule has 0 amide bonds. The van der Waals surface area contributed by atoms with Crippen molar-refractivity contribution in [2.45, 2.75) is 10.6 Å². The summed E-state index contributed by atoms with van der Waals surface area (Å²) in [6.07, 6.45) is 0. The molecule has 158 valence electrons. The minimum Gasteiger partial charge on any atom is 1.00 e. The average Bonchev–Trinajstić information content (AvgIpc) is 2.65. The third-order valence-electron chi connectivity index (χ3n) is 3.53. The molecule has 0 saturated carbocycles. The second kappa shape index (κ2) is 8.52. The van der Waals surface area contributed by atoms with E-state index >= 15 is 0 Å². The zero-order valence-corrected chi connectivity index (χ0v) is 18.6. The van der Waals surface area contributed by atoms with Crippen molar-refractivity contribution in [1.29, 1.82) is 0 Å². The molecule has 3 aromatic rings. The number of hydrogen-bond acceptors (Lipinski definition) is 2. The van der Waals surface area contributed by atoms with Gasteiger partial charge in [0.2, 0.25) is 0 Å². The molecule has 9 heteroatoms. The van der Waals surface area contributed by atoms with Gasteiger partial charge in [-0.1, -0.05) is 54.6 Å². The van der Waals surface area contributed by atoms with Gasteiger partial charge in [-0.05, 0) is 41.0 Å². The molecule has 0 aromatic heterocycles. The van der Waals surface area contributed by atoms with Crippen LogP contribution in [0.15, 0.2) is 83.8 Å². The molecule has 0 atom stereocenters. The number of methoxy groups -OCH3 is 1. The van der Waals surface area contributed by atoms with Crippen molar-refractivity contribution in [3.05, 3.63) is 84.4 Å². The molecule has 29 heavy (non-hydrogen) atoms. The van der Waals surface area contributed by atoms with E-state index in [4.69, 9.17) is 4.74 Å². The Kier molecular flexibility index (Phi) is 6.90. The number of halogens is 6. The Labute approximate surface area is 173 Å². The second-order valence-corrected chi connectivity index (χ2v) is 12.5. The monoisotopic (exact) mass is 542 g/mol. The fourth-order valence-electron chi connectivity index (χ4n) is 2.26. The molecule has 3 rings (SSSR count). The van der Waals surface area contributed by atoms with E-state index in [0.717, 1.165) is 11.5 Å². The summed E-state index contributed by atoms with van der Waals surface area (Å²) in [5.41, 5.74) is 3.82. The summed E-state index contributed by atoms with van der Waals surface area (Å²) in [6, 6.07) is 27.5. The zero-order chi connectivity index (χ0) is 21.6. The van der Waals surface area contributed by atoms with Crippen molar-refractivity contribution >= 4 is 31.2 Å². The van der Waals surface area contributed by atoms with Crippen molar-refractivity contribution < 1.29 is 23.0 Å². The smallest absolute Gasteiger partial charge is 1.00 e. The van der Waals surface area contributed by atoms with Crippen molar-refractivity contribution in [3.63, 3.8) is 0 Å². The van der Waals surface area contributed by atoms with Crippen LogP contribution in [0.1, 0.15) is 6.99 Å². The van der Waals surface area contributed by atoms with Crippen molar-refractivity contribution in [2.24, 2.45) is 0 Å². The van der Waals surface area contributed by atoms with Gasteiger partial charge in [0, 0.05) is 10.6 Å². The van der Waals surface area contributed by atoms with E-state index in [1.165, 1.54) is 21.6 Å². The maximum Gasteiger partial charge on any atom is 1.00 e. The molecule has 3 aromatic carbocycles. The van der Waals surface area contributed by atoms with E-state index in [1.54, 1.807) is 7.11 Å². The predicted octanol–water partition coefficient (Wildman–Crippen LogP) is 7.91. The molecular weight excluding hydrogens is 524 g/mol. The number of ether oxygens (including phenoxy) is 1. The van der Waals surface area contributed by atoms with Gasteiger partial charge in [-0.2, -0.15) is 0 Å². The van der Waals surface area contributed by atoms with E-state index in [1.807, 2.05) is 30.0 Å². The first kappa shape index (κ1) is 23.5. The zero-order valence-electron chi connectivity index (χ0n) is 16.2. The molecule has 0 radical (unpaired) electrons. The molecule has 0 spiro atoms. The SMILES string of the molecule is COc1ccc(CSc2ccc(-c3ccccc3)cc2)cc1.[F][Sb-]([F])([F])([F])([F])[F].[H+]. The second-order valence-electron chi connectivity index (χ2n) is 5.99. The van der Waals surface area contributed by atoms with E-state index in [-0.39, 0.29) is 1.43 Å². The number of thioether (sulfide) groups is 1. The van der Waals surface area contributed by atoms with Crippen LogP contribution in [0.3, 0.4) is 0 Å². The number of benzene rings is 3. The van der Waals surface area contributed by atoms with Gasteiger partial charge in [0.25, 0.3) is 0 Å². The third-order valence-corrected chi connectivity index (χ3v) is 4.61. The standard InChI is InChI=1S/C20H18OS.6FH.Sb/c1-21-19-11-7-16(8-12-19)15-22-20-13-9-18(10-14-20)17-5-3-2-4-6-17;;;;;;;/h2-14H,15H2,1H3;6*1H;/q;;;;;;;+5/p-5. The minimum atomic E-state index is -11.2. The van der Waals surface area contributed by atoms with Gasteiger partial charge in [-0.3, -0.25) is 0 Å². The van der Waals surface area contributed by atoms with Crippen LogP contribution in [0.2, 0.25) is 0 Å². The van der Waals surface area contributed by atoms with Crippen LogP contribution in [0.5, 0.6) is 5.75 Å². The Morgan fingerprint density at radius 3 is 1.69 bits per heavy atom. The molecule has 0 aliphatic heterocycles. The van der Waals surface area contributed by atoms with Crippen molar-refractivity contribution in [3.8, 4) is 16.9 Å².